The van der Waals surface area contributed by atoms with E-state index in [1.807, 2.05) is 30.0 Å². The Morgan fingerprint density at radius 2 is 2.15 bits per heavy atom. The van der Waals surface area contributed by atoms with Gasteiger partial charge in [-0.3, -0.25) is 14.5 Å². The molecule has 2 aromatic rings. The van der Waals surface area contributed by atoms with Crippen molar-refractivity contribution in [1.82, 2.24) is 31.0 Å². The molecular weight excluding hydrogens is 530 g/mol. The van der Waals surface area contributed by atoms with Crippen molar-refractivity contribution in [3.8, 4) is 11.6 Å². The van der Waals surface area contributed by atoms with Crippen molar-refractivity contribution in [3.63, 3.8) is 0 Å². The zero-order valence-electron chi connectivity index (χ0n) is 22.1. The van der Waals surface area contributed by atoms with Gasteiger partial charge >= 0.3 is 6.03 Å². The number of nitrogens with zero attached hydrogens (tertiary/aromatic N) is 4. The van der Waals surface area contributed by atoms with E-state index in [1.165, 1.54) is 17.8 Å². The van der Waals surface area contributed by atoms with Gasteiger partial charge < -0.3 is 25.6 Å². The largest absolute Gasteiger partial charge is 0.438 e. The van der Waals surface area contributed by atoms with Crippen LogP contribution < -0.4 is 25.6 Å². The number of rotatable bonds is 6. The highest BCUT2D eigenvalue weighted by molar-refractivity contribution is 8.04. The standard InChI is InChI=1S/C28H31N7O4S/c1-3-22(36)34-13-5-6-17(15-34)31-26(37)25-24-23-20(10-12-29-27(23)40-25)35(28(38)32-24)19-9-8-18(14-16(19)2)39-21-7-4-11-30-33-21/h3-4,7-9,11,14,17,20,23,27,29H,1,5-6,10,12-13,15H2,2H3,(H,31,37)(H,32,38)/t17-,20?,23?,27?/m1/s1. The third-order valence-corrected chi connectivity index (χ3v) is 9.14. The van der Waals surface area contributed by atoms with Crippen LogP contribution in [0.25, 0.3) is 0 Å². The van der Waals surface area contributed by atoms with E-state index in [1.54, 1.807) is 23.2 Å². The van der Waals surface area contributed by atoms with Crippen LogP contribution in [0.5, 0.6) is 11.6 Å². The normalized spacial score (nSPS) is 25.7. The summed E-state index contributed by atoms with van der Waals surface area (Å²) in [5.74, 6) is 0.607. The molecule has 11 nitrogen and oxygen atoms in total. The molecule has 1 aromatic heterocycles. The lowest BCUT2D eigenvalue weighted by atomic mass is 9.86. The van der Waals surface area contributed by atoms with Crippen LogP contribution in [0, 0.1) is 12.8 Å². The van der Waals surface area contributed by atoms with Gasteiger partial charge in [0.05, 0.1) is 16.3 Å². The fourth-order valence-corrected chi connectivity index (χ4v) is 7.40. The lowest BCUT2D eigenvalue weighted by Gasteiger charge is -2.46. The van der Waals surface area contributed by atoms with E-state index in [0.717, 1.165) is 37.1 Å². The number of hydrogen-bond acceptors (Lipinski definition) is 8. The first-order chi connectivity index (χ1) is 19.4. The van der Waals surface area contributed by atoms with Crippen molar-refractivity contribution < 1.29 is 19.1 Å². The van der Waals surface area contributed by atoms with Crippen molar-refractivity contribution in [2.24, 2.45) is 5.92 Å². The molecule has 4 atom stereocenters. The molecule has 3 fully saturated rings. The summed E-state index contributed by atoms with van der Waals surface area (Å²) in [5, 5.41) is 17.5. The van der Waals surface area contributed by atoms with Gasteiger partial charge in [0, 0.05) is 48.7 Å². The van der Waals surface area contributed by atoms with Crippen LogP contribution >= 0.6 is 11.8 Å². The molecular formula is C28H31N7O4S. The van der Waals surface area contributed by atoms with Crippen LogP contribution in [-0.2, 0) is 9.59 Å². The number of benzene rings is 1. The average molecular weight is 562 g/mol. The molecule has 3 unspecified atom stereocenters. The number of likely N-dealkylation sites (tertiary alicyclic amines) is 1. The monoisotopic (exact) mass is 561 g/mol. The molecule has 0 saturated carbocycles. The Bertz CT molecular complexity index is 1380. The third kappa shape index (κ3) is 4.92. The summed E-state index contributed by atoms with van der Waals surface area (Å²) >= 11 is 1.47. The SMILES string of the molecule is C=CC(=O)N1CCC[C@@H](NC(=O)C2=C3NC(=O)N(c4ccc(Oc5cccnn5)cc4C)C4CCNC(S2)C34)C1. The zero-order valence-corrected chi connectivity index (χ0v) is 22.9. The van der Waals surface area contributed by atoms with Crippen LogP contribution in [0.1, 0.15) is 24.8 Å². The van der Waals surface area contributed by atoms with E-state index >= 15 is 0 Å². The fraction of sp³-hybridized carbons (Fsp3) is 0.393. The van der Waals surface area contributed by atoms with Gasteiger partial charge in [-0.25, -0.2) is 4.79 Å². The number of nitrogens with one attached hydrogen (secondary N) is 3. The summed E-state index contributed by atoms with van der Waals surface area (Å²) in [6.45, 7) is 7.37. The minimum atomic E-state index is -0.254. The molecule has 0 spiro atoms. The molecule has 3 saturated heterocycles. The van der Waals surface area contributed by atoms with E-state index in [4.69, 9.17) is 4.74 Å². The summed E-state index contributed by atoms with van der Waals surface area (Å²) in [6.07, 6.45) is 5.25. The highest BCUT2D eigenvalue weighted by Gasteiger charge is 2.52. The van der Waals surface area contributed by atoms with Crippen molar-refractivity contribution in [2.45, 2.75) is 43.6 Å². The van der Waals surface area contributed by atoms with Gasteiger partial charge in [0.25, 0.3) is 5.91 Å². The average Bonchev–Trinajstić information content (AvgIpc) is 3.33. The molecule has 4 aliphatic heterocycles. The molecule has 0 bridgehead atoms. The molecule has 12 heteroatoms. The summed E-state index contributed by atoms with van der Waals surface area (Å²) in [7, 11) is 0. The molecule has 40 heavy (non-hydrogen) atoms. The second kappa shape index (κ2) is 10.9. The number of urea groups is 1. The van der Waals surface area contributed by atoms with E-state index in [2.05, 4.69) is 32.7 Å². The zero-order chi connectivity index (χ0) is 27.8. The van der Waals surface area contributed by atoms with Gasteiger partial charge in [-0.05, 0) is 68.6 Å². The fourth-order valence-electron chi connectivity index (χ4n) is 6.00. The number of aromatic nitrogens is 2. The lowest BCUT2D eigenvalue weighted by Crippen LogP contribution is -2.62. The first-order valence-corrected chi connectivity index (χ1v) is 14.3. The van der Waals surface area contributed by atoms with Crippen LogP contribution in [0.2, 0.25) is 0 Å². The topological polar surface area (TPSA) is 129 Å². The number of piperidine rings is 2. The smallest absolute Gasteiger partial charge is 0.326 e. The van der Waals surface area contributed by atoms with Gasteiger partial charge in [0.15, 0.2) is 0 Å². The summed E-state index contributed by atoms with van der Waals surface area (Å²) < 4.78 is 5.82. The third-order valence-electron chi connectivity index (χ3n) is 7.79. The Kier molecular flexibility index (Phi) is 7.20. The van der Waals surface area contributed by atoms with Crippen molar-refractivity contribution in [3.05, 3.63) is 65.3 Å². The Labute approximate surface area is 236 Å². The number of carbonyl (C=O) groups excluding carboxylic acids is 3. The lowest BCUT2D eigenvalue weighted by molar-refractivity contribution is -0.128. The van der Waals surface area contributed by atoms with Crippen molar-refractivity contribution in [2.75, 3.05) is 24.5 Å². The Hall–Kier alpha value is -3.90. The van der Waals surface area contributed by atoms with Crippen molar-refractivity contribution in [1.29, 1.82) is 0 Å². The molecule has 5 heterocycles. The predicted molar refractivity (Wildman–Crippen MR) is 151 cm³/mol. The summed E-state index contributed by atoms with van der Waals surface area (Å²) in [6, 6.07) is 8.57. The number of carbonyl (C=O) groups is 3. The van der Waals surface area contributed by atoms with Gasteiger partial charge in [0.1, 0.15) is 5.75 Å². The van der Waals surface area contributed by atoms with Crippen LogP contribution in [0.4, 0.5) is 10.5 Å². The molecule has 0 aliphatic carbocycles. The van der Waals surface area contributed by atoms with Gasteiger partial charge in [-0.15, -0.1) is 5.10 Å². The number of amides is 4. The summed E-state index contributed by atoms with van der Waals surface area (Å²) in [4.78, 5) is 43.2. The van der Waals surface area contributed by atoms with Crippen LogP contribution in [0.3, 0.4) is 0 Å². The Morgan fingerprint density at radius 3 is 2.92 bits per heavy atom. The van der Waals surface area contributed by atoms with E-state index in [9.17, 15) is 14.4 Å². The van der Waals surface area contributed by atoms with Gasteiger partial charge in [0.2, 0.25) is 11.8 Å². The number of hydrogen-bond donors (Lipinski definition) is 3. The number of ether oxygens (including phenoxy) is 1. The molecule has 6 rings (SSSR count). The van der Waals surface area contributed by atoms with Crippen molar-refractivity contribution >= 4 is 35.3 Å². The maximum atomic E-state index is 13.6. The highest BCUT2D eigenvalue weighted by Crippen LogP contribution is 2.48. The molecule has 1 aromatic carbocycles. The Morgan fingerprint density at radius 1 is 1.27 bits per heavy atom. The molecule has 3 N–H and O–H groups in total. The number of thioether (sulfide) groups is 1. The maximum absolute atomic E-state index is 13.6. The highest BCUT2D eigenvalue weighted by atomic mass is 32.2. The first kappa shape index (κ1) is 26.3. The molecule has 0 radical (unpaired) electrons. The maximum Gasteiger partial charge on any atom is 0.326 e. The van der Waals surface area contributed by atoms with Crippen LogP contribution in [0.15, 0.2) is 59.8 Å². The quantitative estimate of drug-likeness (QED) is 0.460. The van der Waals surface area contributed by atoms with E-state index in [0.29, 0.717) is 35.3 Å². The number of anilines is 1. The molecule has 4 aliphatic rings. The van der Waals surface area contributed by atoms with Crippen LogP contribution in [-0.4, -0.2) is 70.0 Å². The second-order valence-electron chi connectivity index (χ2n) is 10.3. The minimum Gasteiger partial charge on any atom is -0.438 e. The second-order valence-corrected chi connectivity index (χ2v) is 11.5. The van der Waals surface area contributed by atoms with Gasteiger partial charge in [-0.1, -0.05) is 18.3 Å². The predicted octanol–water partition coefficient (Wildman–Crippen LogP) is 2.66. The molecule has 4 amide bonds. The Balaban J connectivity index is 1.22. The number of aryl methyl sites for hydroxylation is 1. The van der Waals surface area contributed by atoms with E-state index < -0.39 is 0 Å². The van der Waals surface area contributed by atoms with Gasteiger partial charge in [-0.2, -0.15) is 5.10 Å². The van der Waals surface area contributed by atoms with E-state index in [-0.39, 0.29) is 41.2 Å². The molecule has 208 valence electrons. The first-order valence-electron chi connectivity index (χ1n) is 13.5. The minimum absolute atomic E-state index is 0.0256. The summed E-state index contributed by atoms with van der Waals surface area (Å²) in [5.41, 5.74) is 2.37.